The lowest BCUT2D eigenvalue weighted by atomic mass is 10.1. The lowest BCUT2D eigenvalue weighted by molar-refractivity contribution is -0.120. The van der Waals surface area contributed by atoms with Crippen LogP contribution in [-0.2, 0) is 11.2 Å². The number of carboxylic acids is 1. The van der Waals surface area contributed by atoms with Gasteiger partial charge >= 0.3 is 5.97 Å². The number of hydrogen-bond acceptors (Lipinski definition) is 3. The van der Waals surface area contributed by atoms with Gasteiger partial charge in [-0.25, -0.2) is 4.79 Å². The molecule has 5 nitrogen and oxygen atoms in total. The molecule has 1 amide bonds. The molecule has 5 heteroatoms. The molecular formula is C13H18N2O3. The van der Waals surface area contributed by atoms with Crippen LogP contribution in [0.5, 0.6) is 0 Å². The van der Waals surface area contributed by atoms with Crippen LogP contribution >= 0.6 is 0 Å². The number of carbonyl (C=O) groups is 2. The molecule has 0 atom stereocenters. The first-order valence-electron chi connectivity index (χ1n) is 5.93. The van der Waals surface area contributed by atoms with Gasteiger partial charge in [-0.3, -0.25) is 4.79 Å². The Morgan fingerprint density at radius 1 is 1.33 bits per heavy atom. The zero-order valence-electron chi connectivity index (χ0n) is 10.4. The van der Waals surface area contributed by atoms with Crippen LogP contribution < -0.4 is 10.6 Å². The topological polar surface area (TPSA) is 78.4 Å². The van der Waals surface area contributed by atoms with Crippen LogP contribution in [0, 0.1) is 0 Å². The highest BCUT2D eigenvalue weighted by Gasteiger charge is 2.03. The highest BCUT2D eigenvalue weighted by atomic mass is 16.4. The molecule has 18 heavy (non-hydrogen) atoms. The quantitative estimate of drug-likeness (QED) is 0.664. The number of benzene rings is 1. The van der Waals surface area contributed by atoms with E-state index in [2.05, 4.69) is 10.6 Å². The number of rotatable bonds is 7. The van der Waals surface area contributed by atoms with Crippen molar-refractivity contribution in [2.24, 2.45) is 0 Å². The normalized spacial score (nSPS) is 10.1. The molecule has 0 aliphatic carbocycles. The second-order valence-electron chi connectivity index (χ2n) is 3.89. The summed E-state index contributed by atoms with van der Waals surface area (Å²) in [5.41, 5.74) is 1.17. The van der Waals surface area contributed by atoms with Crippen LogP contribution in [0.2, 0.25) is 0 Å². The molecule has 0 aliphatic rings. The third-order valence-electron chi connectivity index (χ3n) is 2.45. The minimum Gasteiger partial charge on any atom is -0.478 e. The standard InChI is InChI=1S/C13H18N2O3/c1-2-14-9-12(16)15-7-6-10-4-3-5-11(8-10)13(17)18/h3-5,8,14H,2,6-7,9H2,1H3,(H,15,16)(H,17,18). The molecule has 1 aromatic carbocycles. The van der Waals surface area contributed by atoms with E-state index < -0.39 is 5.97 Å². The van der Waals surface area contributed by atoms with Crippen molar-refractivity contribution >= 4 is 11.9 Å². The Labute approximate surface area is 106 Å². The lowest BCUT2D eigenvalue weighted by Gasteiger charge is -2.06. The Kier molecular flexibility index (Phi) is 5.87. The zero-order chi connectivity index (χ0) is 13.4. The maximum atomic E-state index is 11.3. The fourth-order valence-corrected chi connectivity index (χ4v) is 1.51. The summed E-state index contributed by atoms with van der Waals surface area (Å²) in [5, 5.41) is 14.5. The summed E-state index contributed by atoms with van der Waals surface area (Å²) in [5.74, 6) is -0.987. The van der Waals surface area contributed by atoms with Gasteiger partial charge in [-0.15, -0.1) is 0 Å². The molecule has 0 saturated heterocycles. The summed E-state index contributed by atoms with van der Waals surface area (Å²) >= 11 is 0. The molecule has 0 aromatic heterocycles. The van der Waals surface area contributed by atoms with Gasteiger partial charge in [-0.05, 0) is 30.7 Å². The highest BCUT2D eigenvalue weighted by Crippen LogP contribution is 2.05. The fourth-order valence-electron chi connectivity index (χ4n) is 1.51. The van der Waals surface area contributed by atoms with Gasteiger partial charge in [-0.1, -0.05) is 19.1 Å². The third-order valence-corrected chi connectivity index (χ3v) is 2.45. The van der Waals surface area contributed by atoms with Gasteiger partial charge in [0.1, 0.15) is 0 Å². The number of carbonyl (C=O) groups excluding carboxylic acids is 1. The van der Waals surface area contributed by atoms with Crippen molar-refractivity contribution in [1.29, 1.82) is 0 Å². The molecule has 1 rings (SSSR count). The molecule has 98 valence electrons. The number of hydrogen-bond donors (Lipinski definition) is 3. The van der Waals surface area contributed by atoms with Gasteiger partial charge in [-0.2, -0.15) is 0 Å². The predicted octanol–water partition coefficient (Wildman–Crippen LogP) is 0.653. The van der Waals surface area contributed by atoms with Gasteiger partial charge in [0.05, 0.1) is 12.1 Å². The smallest absolute Gasteiger partial charge is 0.335 e. The van der Waals surface area contributed by atoms with Crippen molar-refractivity contribution in [3.8, 4) is 0 Å². The molecule has 0 bridgehead atoms. The SMILES string of the molecule is CCNCC(=O)NCCc1cccc(C(=O)O)c1. The monoisotopic (exact) mass is 250 g/mol. The van der Waals surface area contributed by atoms with Gasteiger partial charge < -0.3 is 15.7 Å². The average Bonchev–Trinajstić information content (AvgIpc) is 2.36. The van der Waals surface area contributed by atoms with Gasteiger partial charge in [0.15, 0.2) is 0 Å². The Morgan fingerprint density at radius 3 is 2.78 bits per heavy atom. The van der Waals surface area contributed by atoms with Crippen molar-refractivity contribution < 1.29 is 14.7 Å². The molecule has 0 saturated carbocycles. The van der Waals surface area contributed by atoms with Crippen LogP contribution in [0.1, 0.15) is 22.8 Å². The molecule has 1 aromatic rings. The van der Waals surface area contributed by atoms with Gasteiger partial charge in [0.25, 0.3) is 0 Å². The summed E-state index contributed by atoms with van der Waals surface area (Å²) in [7, 11) is 0. The Hall–Kier alpha value is -1.88. The summed E-state index contributed by atoms with van der Waals surface area (Å²) in [6.07, 6.45) is 0.624. The van der Waals surface area contributed by atoms with Gasteiger partial charge in [0, 0.05) is 6.54 Å². The fraction of sp³-hybridized carbons (Fsp3) is 0.385. The number of nitrogens with one attached hydrogen (secondary N) is 2. The van der Waals surface area contributed by atoms with E-state index in [4.69, 9.17) is 5.11 Å². The van der Waals surface area contributed by atoms with Gasteiger partial charge in [0.2, 0.25) is 5.91 Å². The Balaban J connectivity index is 2.37. The molecule has 3 N–H and O–H groups in total. The highest BCUT2D eigenvalue weighted by molar-refractivity contribution is 5.87. The van der Waals surface area contributed by atoms with Crippen molar-refractivity contribution in [2.75, 3.05) is 19.6 Å². The van der Waals surface area contributed by atoms with E-state index >= 15 is 0 Å². The number of amides is 1. The zero-order valence-corrected chi connectivity index (χ0v) is 10.4. The Bertz CT molecular complexity index is 418. The maximum Gasteiger partial charge on any atom is 0.335 e. The summed E-state index contributed by atoms with van der Waals surface area (Å²) in [4.78, 5) is 22.1. The number of aromatic carboxylic acids is 1. The minimum atomic E-state index is -0.937. The molecular weight excluding hydrogens is 232 g/mol. The van der Waals surface area contributed by atoms with Crippen LogP contribution in [0.15, 0.2) is 24.3 Å². The van der Waals surface area contributed by atoms with E-state index in [-0.39, 0.29) is 11.5 Å². The van der Waals surface area contributed by atoms with Crippen molar-refractivity contribution in [3.05, 3.63) is 35.4 Å². The van der Waals surface area contributed by atoms with Crippen LogP contribution in [0.4, 0.5) is 0 Å². The number of likely N-dealkylation sites (N-methyl/N-ethyl adjacent to an activating group) is 1. The molecule has 0 fully saturated rings. The summed E-state index contributed by atoms with van der Waals surface area (Å²) in [6, 6.07) is 6.73. The predicted molar refractivity (Wildman–Crippen MR) is 68.7 cm³/mol. The van der Waals surface area contributed by atoms with E-state index in [1.165, 1.54) is 0 Å². The van der Waals surface area contributed by atoms with E-state index in [0.717, 1.165) is 12.1 Å². The average molecular weight is 250 g/mol. The van der Waals surface area contributed by atoms with E-state index in [1.807, 2.05) is 13.0 Å². The largest absolute Gasteiger partial charge is 0.478 e. The molecule has 0 unspecified atom stereocenters. The maximum absolute atomic E-state index is 11.3. The molecule has 0 radical (unpaired) electrons. The van der Waals surface area contributed by atoms with Crippen molar-refractivity contribution in [1.82, 2.24) is 10.6 Å². The first kappa shape index (κ1) is 14.2. The molecule has 0 heterocycles. The van der Waals surface area contributed by atoms with E-state index in [1.54, 1.807) is 18.2 Å². The first-order valence-corrected chi connectivity index (χ1v) is 5.93. The lowest BCUT2D eigenvalue weighted by Crippen LogP contribution is -2.34. The minimum absolute atomic E-state index is 0.0498. The summed E-state index contributed by atoms with van der Waals surface area (Å²) in [6.45, 7) is 3.51. The number of carboxylic acid groups (broad SMARTS) is 1. The van der Waals surface area contributed by atoms with E-state index in [0.29, 0.717) is 19.5 Å². The van der Waals surface area contributed by atoms with E-state index in [9.17, 15) is 9.59 Å². The van der Waals surface area contributed by atoms with Crippen LogP contribution in [0.25, 0.3) is 0 Å². The van der Waals surface area contributed by atoms with Crippen molar-refractivity contribution in [3.63, 3.8) is 0 Å². The summed E-state index contributed by atoms with van der Waals surface area (Å²) < 4.78 is 0. The second kappa shape index (κ2) is 7.45. The third kappa shape index (κ3) is 4.97. The molecule has 0 aliphatic heterocycles. The van der Waals surface area contributed by atoms with Crippen LogP contribution in [-0.4, -0.2) is 36.6 Å². The second-order valence-corrected chi connectivity index (χ2v) is 3.89. The Morgan fingerprint density at radius 2 is 2.11 bits per heavy atom. The van der Waals surface area contributed by atoms with Crippen molar-refractivity contribution in [2.45, 2.75) is 13.3 Å². The molecule has 0 spiro atoms. The van der Waals surface area contributed by atoms with Crippen LogP contribution in [0.3, 0.4) is 0 Å². The first-order chi connectivity index (χ1) is 8.63.